The van der Waals surface area contributed by atoms with Crippen LogP contribution in [-0.2, 0) is 4.74 Å². The van der Waals surface area contributed by atoms with Crippen molar-refractivity contribution in [2.75, 3.05) is 17.2 Å². The minimum absolute atomic E-state index is 0.283. The van der Waals surface area contributed by atoms with Crippen LogP contribution < -0.4 is 10.6 Å². The first-order valence-electron chi connectivity index (χ1n) is 9.62. The van der Waals surface area contributed by atoms with E-state index in [1.165, 1.54) is 12.1 Å². The monoisotopic (exact) mass is 418 g/mol. The van der Waals surface area contributed by atoms with Gasteiger partial charge in [-0.05, 0) is 61.5 Å². The van der Waals surface area contributed by atoms with Crippen molar-refractivity contribution in [3.05, 3.63) is 78.4 Å². The Labute approximate surface area is 177 Å². The van der Waals surface area contributed by atoms with E-state index < -0.39 is 17.8 Å². The molecule has 2 aromatic carbocycles. The highest BCUT2D eigenvalue weighted by Crippen LogP contribution is 2.35. The van der Waals surface area contributed by atoms with Crippen LogP contribution in [0.3, 0.4) is 0 Å². The minimum atomic E-state index is -0.515. The van der Waals surface area contributed by atoms with E-state index in [4.69, 9.17) is 4.74 Å². The van der Waals surface area contributed by atoms with E-state index in [1.807, 2.05) is 6.07 Å². The first-order chi connectivity index (χ1) is 15.0. The second-order valence-electron chi connectivity index (χ2n) is 6.68. The summed E-state index contributed by atoms with van der Waals surface area (Å²) in [6.45, 7) is 2.01. The van der Waals surface area contributed by atoms with Gasteiger partial charge in [-0.25, -0.2) is 14.0 Å². The fraction of sp³-hybridized carbons (Fsp3) is 0.0870. The number of ether oxygens (including phenoxy) is 1. The minimum Gasteiger partial charge on any atom is -0.462 e. The number of rotatable bonds is 5. The molecule has 31 heavy (non-hydrogen) atoms. The first kappa shape index (κ1) is 20.1. The van der Waals surface area contributed by atoms with Crippen molar-refractivity contribution in [2.45, 2.75) is 6.92 Å². The lowest BCUT2D eigenvalue weighted by Crippen LogP contribution is -2.19. The van der Waals surface area contributed by atoms with Crippen molar-refractivity contribution >= 4 is 34.3 Å². The van der Waals surface area contributed by atoms with Crippen LogP contribution in [0.15, 0.2) is 67.0 Å². The number of H-pyrrole nitrogens is 1. The van der Waals surface area contributed by atoms with E-state index in [0.29, 0.717) is 33.5 Å². The molecule has 0 aliphatic rings. The smallest absolute Gasteiger partial charge is 0.338 e. The molecule has 0 unspecified atom stereocenters. The topological polar surface area (TPSA) is 96.1 Å². The summed E-state index contributed by atoms with van der Waals surface area (Å²) in [6.07, 6.45) is 3.30. The lowest BCUT2D eigenvalue weighted by molar-refractivity contribution is 0.0526. The summed E-state index contributed by atoms with van der Waals surface area (Å²) in [5.41, 5.74) is 3.34. The van der Waals surface area contributed by atoms with Crippen molar-refractivity contribution in [1.29, 1.82) is 0 Å². The zero-order valence-electron chi connectivity index (χ0n) is 16.6. The van der Waals surface area contributed by atoms with Gasteiger partial charge in [-0.2, -0.15) is 0 Å². The number of pyridine rings is 1. The van der Waals surface area contributed by atoms with Crippen LogP contribution in [-0.4, -0.2) is 28.6 Å². The Morgan fingerprint density at radius 2 is 1.90 bits per heavy atom. The zero-order valence-corrected chi connectivity index (χ0v) is 16.6. The number of fused-ring (bicyclic) bond motifs is 1. The molecule has 0 bridgehead atoms. The van der Waals surface area contributed by atoms with Crippen molar-refractivity contribution in [1.82, 2.24) is 9.97 Å². The van der Waals surface area contributed by atoms with Gasteiger partial charge in [0.15, 0.2) is 0 Å². The molecule has 0 fully saturated rings. The van der Waals surface area contributed by atoms with E-state index in [0.717, 1.165) is 5.56 Å². The number of benzene rings is 2. The number of amides is 2. The Morgan fingerprint density at radius 3 is 2.61 bits per heavy atom. The molecule has 0 aliphatic heterocycles. The molecule has 4 rings (SSSR count). The molecule has 0 spiro atoms. The van der Waals surface area contributed by atoms with E-state index in [1.54, 1.807) is 55.7 Å². The molecule has 2 aromatic heterocycles. The second kappa shape index (κ2) is 8.66. The molecule has 7 nitrogen and oxygen atoms in total. The van der Waals surface area contributed by atoms with Crippen LogP contribution in [0.4, 0.5) is 20.6 Å². The van der Waals surface area contributed by atoms with Gasteiger partial charge in [0.2, 0.25) is 0 Å². The maximum absolute atomic E-state index is 13.9. The average molecular weight is 418 g/mol. The van der Waals surface area contributed by atoms with Crippen LogP contribution >= 0.6 is 0 Å². The number of hydrogen-bond acceptors (Lipinski definition) is 4. The van der Waals surface area contributed by atoms with Crippen molar-refractivity contribution in [3.63, 3.8) is 0 Å². The summed E-state index contributed by atoms with van der Waals surface area (Å²) in [5.74, 6) is -0.845. The number of aromatic amines is 1. The van der Waals surface area contributed by atoms with Crippen LogP contribution in [0.1, 0.15) is 17.3 Å². The normalized spacial score (nSPS) is 10.6. The van der Waals surface area contributed by atoms with Gasteiger partial charge in [0.05, 0.1) is 23.6 Å². The lowest BCUT2D eigenvalue weighted by Gasteiger charge is -2.10. The third-order valence-electron chi connectivity index (χ3n) is 4.60. The molecular formula is C23H19FN4O3. The predicted molar refractivity (Wildman–Crippen MR) is 117 cm³/mol. The van der Waals surface area contributed by atoms with Gasteiger partial charge < -0.3 is 20.4 Å². The van der Waals surface area contributed by atoms with Crippen molar-refractivity contribution in [2.24, 2.45) is 0 Å². The fourth-order valence-corrected chi connectivity index (χ4v) is 3.20. The Hall–Kier alpha value is -4.20. The van der Waals surface area contributed by atoms with E-state index in [9.17, 15) is 14.0 Å². The Morgan fingerprint density at radius 1 is 1.10 bits per heavy atom. The van der Waals surface area contributed by atoms with E-state index >= 15 is 0 Å². The molecule has 0 radical (unpaired) electrons. The number of halogens is 1. The van der Waals surface area contributed by atoms with Gasteiger partial charge in [-0.15, -0.1) is 0 Å². The molecule has 0 saturated heterocycles. The Kier molecular flexibility index (Phi) is 5.61. The van der Waals surface area contributed by atoms with Gasteiger partial charge >= 0.3 is 12.0 Å². The van der Waals surface area contributed by atoms with Gasteiger partial charge in [0.1, 0.15) is 5.82 Å². The summed E-state index contributed by atoms with van der Waals surface area (Å²) >= 11 is 0. The predicted octanol–water partition coefficient (Wildman–Crippen LogP) is 5.19. The maximum Gasteiger partial charge on any atom is 0.338 e. The van der Waals surface area contributed by atoms with Gasteiger partial charge in [0, 0.05) is 34.5 Å². The number of carbonyl (C=O) groups is 2. The number of esters is 1. The number of carbonyl (C=O) groups excluding carboxylic acids is 2. The largest absolute Gasteiger partial charge is 0.462 e. The average Bonchev–Trinajstić information content (AvgIpc) is 3.12. The number of hydrogen-bond donors (Lipinski definition) is 3. The lowest BCUT2D eigenvalue weighted by atomic mass is 10.1. The standard InChI is InChI=1S/C23H19FN4O3/c1-2-31-22(29)14-5-8-17(9-6-14)26-23(30)28-21-18-12-16(24)7-10-19(18)27-20(21)15-4-3-11-25-13-15/h3-13,27H,2H2,1H3,(H2,26,28,30). The highest BCUT2D eigenvalue weighted by molar-refractivity contribution is 6.10. The third-order valence-corrected chi connectivity index (χ3v) is 4.60. The van der Waals surface area contributed by atoms with Crippen LogP contribution in [0.25, 0.3) is 22.2 Å². The number of anilines is 2. The zero-order chi connectivity index (χ0) is 21.8. The van der Waals surface area contributed by atoms with Crippen LogP contribution in [0.5, 0.6) is 0 Å². The Balaban J connectivity index is 1.60. The number of urea groups is 1. The highest BCUT2D eigenvalue weighted by Gasteiger charge is 2.17. The molecule has 2 amide bonds. The molecule has 0 atom stereocenters. The molecule has 3 N–H and O–H groups in total. The first-order valence-corrected chi connectivity index (χ1v) is 9.62. The summed E-state index contributed by atoms with van der Waals surface area (Å²) < 4.78 is 18.8. The van der Waals surface area contributed by atoms with Crippen LogP contribution in [0, 0.1) is 5.82 Å². The van der Waals surface area contributed by atoms with E-state index in [-0.39, 0.29) is 6.61 Å². The molecule has 156 valence electrons. The molecular weight excluding hydrogens is 399 g/mol. The van der Waals surface area contributed by atoms with Gasteiger partial charge in [0.25, 0.3) is 0 Å². The maximum atomic E-state index is 13.9. The highest BCUT2D eigenvalue weighted by atomic mass is 19.1. The SMILES string of the molecule is CCOC(=O)c1ccc(NC(=O)Nc2c(-c3cccnc3)[nH]c3ccc(F)cc23)cc1. The van der Waals surface area contributed by atoms with Crippen molar-refractivity contribution < 1.29 is 18.7 Å². The second-order valence-corrected chi connectivity index (χ2v) is 6.68. The van der Waals surface area contributed by atoms with Gasteiger partial charge in [-0.3, -0.25) is 4.98 Å². The van der Waals surface area contributed by atoms with Crippen molar-refractivity contribution in [3.8, 4) is 11.3 Å². The third kappa shape index (κ3) is 4.37. The molecule has 0 saturated carbocycles. The number of nitrogens with zero attached hydrogens (tertiary/aromatic N) is 1. The summed E-state index contributed by atoms with van der Waals surface area (Å²) in [4.78, 5) is 31.7. The molecule has 2 heterocycles. The summed E-state index contributed by atoms with van der Waals surface area (Å²) in [6, 6.07) is 13.7. The van der Waals surface area contributed by atoms with E-state index in [2.05, 4.69) is 20.6 Å². The Bertz CT molecular complexity index is 1240. The summed E-state index contributed by atoms with van der Waals surface area (Å²) in [7, 11) is 0. The quantitative estimate of drug-likeness (QED) is 0.389. The molecule has 4 aromatic rings. The number of nitrogens with one attached hydrogen (secondary N) is 3. The van der Waals surface area contributed by atoms with Gasteiger partial charge in [-0.1, -0.05) is 0 Å². The number of aromatic nitrogens is 2. The fourth-order valence-electron chi connectivity index (χ4n) is 3.20. The molecule has 0 aliphatic carbocycles. The van der Waals surface area contributed by atoms with Crippen LogP contribution in [0.2, 0.25) is 0 Å². The summed E-state index contributed by atoms with van der Waals surface area (Å²) in [5, 5.41) is 6.04. The molecule has 8 heteroatoms.